The summed E-state index contributed by atoms with van der Waals surface area (Å²) < 4.78 is 15.9. The van der Waals surface area contributed by atoms with E-state index in [9.17, 15) is 9.59 Å². The van der Waals surface area contributed by atoms with Gasteiger partial charge in [-0.2, -0.15) is 10.4 Å². The van der Waals surface area contributed by atoms with Gasteiger partial charge in [-0.3, -0.25) is 9.59 Å². The van der Waals surface area contributed by atoms with Crippen LogP contribution in [0.2, 0.25) is 0 Å². The highest BCUT2D eigenvalue weighted by Gasteiger charge is 2.30. The third-order valence-electron chi connectivity index (χ3n) is 4.57. The minimum atomic E-state index is -0.372. The van der Waals surface area contributed by atoms with Crippen molar-refractivity contribution in [1.82, 2.24) is 5.01 Å². The van der Waals surface area contributed by atoms with Crippen LogP contribution in [0.3, 0.4) is 0 Å². The molecule has 8 heteroatoms. The number of nitrogens with zero attached hydrogens (tertiary/aromatic N) is 3. The number of hydrogen-bond donors (Lipinski definition) is 0. The van der Waals surface area contributed by atoms with Crippen molar-refractivity contribution in [2.75, 3.05) is 26.9 Å². The first-order valence-corrected chi connectivity index (χ1v) is 10.0. The van der Waals surface area contributed by atoms with Gasteiger partial charge in [0.1, 0.15) is 18.9 Å². The molecule has 3 rings (SSSR count). The van der Waals surface area contributed by atoms with Gasteiger partial charge in [0.2, 0.25) is 0 Å². The van der Waals surface area contributed by atoms with Gasteiger partial charge in [0, 0.05) is 12.5 Å². The highest BCUT2D eigenvalue weighted by atomic mass is 16.6. The zero-order chi connectivity index (χ0) is 22.9. The summed E-state index contributed by atoms with van der Waals surface area (Å²) in [7, 11) is 1.52. The van der Waals surface area contributed by atoms with Crippen LogP contribution in [-0.2, 0) is 14.3 Å². The molecule has 0 saturated carbocycles. The molecule has 0 aliphatic carbocycles. The standard InChI is InChI=1S/C24H23N3O5/c1-17(28)31-13-14-32-21-10-9-18(16-22(21)30-2)15-20-23(19-7-4-3-5-8-19)26-27(24(20)29)12-6-11-25/h3-5,7-10,15-16H,6,12-14H2,1-2H3/b20-15-. The SMILES string of the molecule is COc1cc(/C=C2\C(=O)N(CCC#N)N=C2c2ccccc2)ccc1OCCOC(C)=O. The number of hydrogen-bond acceptors (Lipinski definition) is 7. The molecule has 0 bridgehead atoms. The molecule has 0 spiro atoms. The second-order valence-electron chi connectivity index (χ2n) is 6.81. The van der Waals surface area contributed by atoms with Crippen LogP contribution in [0, 0.1) is 11.3 Å². The van der Waals surface area contributed by atoms with Crippen molar-refractivity contribution < 1.29 is 23.8 Å². The summed E-state index contributed by atoms with van der Waals surface area (Å²) in [4.78, 5) is 23.8. The molecule has 1 aliphatic rings. The summed E-state index contributed by atoms with van der Waals surface area (Å²) in [6.45, 7) is 1.88. The number of carbonyl (C=O) groups is 2. The molecular weight excluding hydrogens is 410 g/mol. The lowest BCUT2D eigenvalue weighted by atomic mass is 10.00. The van der Waals surface area contributed by atoms with Crippen molar-refractivity contribution in [2.24, 2.45) is 5.10 Å². The molecular formula is C24H23N3O5. The highest BCUT2D eigenvalue weighted by molar-refractivity contribution is 6.33. The van der Waals surface area contributed by atoms with Gasteiger partial charge < -0.3 is 14.2 Å². The second-order valence-corrected chi connectivity index (χ2v) is 6.81. The van der Waals surface area contributed by atoms with Crippen LogP contribution in [0.25, 0.3) is 6.08 Å². The van der Waals surface area contributed by atoms with E-state index in [1.54, 1.807) is 24.3 Å². The summed E-state index contributed by atoms with van der Waals surface area (Å²) in [5.41, 5.74) is 2.51. The van der Waals surface area contributed by atoms with Crippen molar-refractivity contribution in [2.45, 2.75) is 13.3 Å². The van der Waals surface area contributed by atoms with E-state index in [0.29, 0.717) is 22.8 Å². The maximum absolute atomic E-state index is 13.0. The number of rotatable bonds is 9. The predicted molar refractivity (Wildman–Crippen MR) is 118 cm³/mol. The van der Waals surface area contributed by atoms with Crippen molar-refractivity contribution in [3.05, 3.63) is 65.2 Å². The molecule has 0 N–H and O–H groups in total. The molecule has 32 heavy (non-hydrogen) atoms. The Kier molecular flexibility index (Phi) is 7.60. The smallest absolute Gasteiger partial charge is 0.302 e. The molecule has 164 valence electrons. The number of nitriles is 1. The van der Waals surface area contributed by atoms with Gasteiger partial charge in [-0.1, -0.05) is 36.4 Å². The second kappa shape index (κ2) is 10.8. The number of amides is 1. The zero-order valence-corrected chi connectivity index (χ0v) is 17.9. The summed E-state index contributed by atoms with van der Waals surface area (Å²) in [5.74, 6) is 0.336. The maximum atomic E-state index is 13.0. The van der Waals surface area contributed by atoms with Crippen LogP contribution in [-0.4, -0.2) is 49.5 Å². The van der Waals surface area contributed by atoms with Crippen LogP contribution in [0.15, 0.2) is 59.2 Å². The molecule has 0 atom stereocenters. The monoisotopic (exact) mass is 433 g/mol. The van der Waals surface area contributed by atoms with Crippen LogP contribution in [0.1, 0.15) is 24.5 Å². The Morgan fingerprint density at radius 1 is 1.16 bits per heavy atom. The number of methoxy groups -OCH3 is 1. The molecule has 1 aliphatic heterocycles. The first-order chi connectivity index (χ1) is 15.5. The van der Waals surface area contributed by atoms with Gasteiger partial charge in [-0.05, 0) is 23.8 Å². The molecule has 2 aromatic carbocycles. The van der Waals surface area contributed by atoms with Gasteiger partial charge >= 0.3 is 5.97 Å². The number of hydrazone groups is 1. The summed E-state index contributed by atoms with van der Waals surface area (Å²) in [6, 6.07) is 16.7. The Labute approximate surface area is 186 Å². The average Bonchev–Trinajstić information content (AvgIpc) is 3.11. The molecule has 1 heterocycles. The Balaban J connectivity index is 1.87. The van der Waals surface area contributed by atoms with E-state index in [0.717, 1.165) is 11.1 Å². The van der Waals surface area contributed by atoms with Crippen LogP contribution < -0.4 is 9.47 Å². The zero-order valence-electron chi connectivity index (χ0n) is 17.9. The summed E-state index contributed by atoms with van der Waals surface area (Å²) >= 11 is 0. The van der Waals surface area contributed by atoms with E-state index in [2.05, 4.69) is 5.10 Å². The highest BCUT2D eigenvalue weighted by Crippen LogP contribution is 2.30. The van der Waals surface area contributed by atoms with Crippen molar-refractivity contribution in [3.8, 4) is 17.6 Å². The van der Waals surface area contributed by atoms with E-state index in [1.807, 2.05) is 36.4 Å². The van der Waals surface area contributed by atoms with E-state index in [4.69, 9.17) is 19.5 Å². The molecule has 0 fully saturated rings. The van der Waals surface area contributed by atoms with Gasteiger partial charge in [-0.15, -0.1) is 0 Å². The number of carbonyl (C=O) groups excluding carboxylic acids is 2. The first-order valence-electron chi connectivity index (χ1n) is 10.0. The molecule has 1 amide bonds. The minimum absolute atomic E-state index is 0.133. The van der Waals surface area contributed by atoms with Crippen molar-refractivity contribution in [3.63, 3.8) is 0 Å². The Morgan fingerprint density at radius 3 is 2.62 bits per heavy atom. The third-order valence-corrected chi connectivity index (χ3v) is 4.57. The van der Waals surface area contributed by atoms with E-state index < -0.39 is 0 Å². The minimum Gasteiger partial charge on any atom is -0.493 e. The number of esters is 1. The molecule has 0 radical (unpaired) electrons. The Morgan fingerprint density at radius 2 is 1.94 bits per heavy atom. The normalized spacial score (nSPS) is 14.2. The fourth-order valence-corrected chi connectivity index (χ4v) is 3.10. The third kappa shape index (κ3) is 5.52. The molecule has 0 unspecified atom stereocenters. The van der Waals surface area contributed by atoms with Gasteiger partial charge in [-0.25, -0.2) is 5.01 Å². The van der Waals surface area contributed by atoms with Crippen LogP contribution in [0.5, 0.6) is 11.5 Å². The fourth-order valence-electron chi connectivity index (χ4n) is 3.10. The van der Waals surface area contributed by atoms with E-state index in [1.165, 1.54) is 19.0 Å². The Hall–Kier alpha value is -4.12. The Bertz CT molecular complexity index is 1090. The van der Waals surface area contributed by atoms with Gasteiger partial charge in [0.25, 0.3) is 5.91 Å². The lowest BCUT2D eigenvalue weighted by Crippen LogP contribution is -2.23. The largest absolute Gasteiger partial charge is 0.493 e. The predicted octanol–water partition coefficient (Wildman–Crippen LogP) is 3.18. The molecule has 0 saturated heterocycles. The van der Waals surface area contributed by atoms with Crippen molar-refractivity contribution in [1.29, 1.82) is 5.26 Å². The van der Waals surface area contributed by atoms with E-state index >= 15 is 0 Å². The van der Waals surface area contributed by atoms with Gasteiger partial charge in [0.15, 0.2) is 11.5 Å². The number of benzene rings is 2. The fraction of sp³-hybridized carbons (Fsp3) is 0.250. The topological polar surface area (TPSA) is 101 Å². The molecule has 8 nitrogen and oxygen atoms in total. The van der Waals surface area contributed by atoms with Crippen LogP contribution >= 0.6 is 0 Å². The molecule has 2 aromatic rings. The lowest BCUT2D eigenvalue weighted by molar-refractivity contribution is -0.141. The van der Waals surface area contributed by atoms with Crippen molar-refractivity contribution >= 4 is 23.7 Å². The quantitative estimate of drug-likeness (QED) is 0.342. The summed E-state index contributed by atoms with van der Waals surface area (Å²) in [5, 5.41) is 14.7. The molecule has 0 aromatic heterocycles. The van der Waals surface area contributed by atoms with E-state index in [-0.39, 0.29) is 38.1 Å². The lowest BCUT2D eigenvalue weighted by Gasteiger charge is -2.12. The average molecular weight is 433 g/mol. The van der Waals surface area contributed by atoms with Crippen LogP contribution in [0.4, 0.5) is 0 Å². The van der Waals surface area contributed by atoms with Gasteiger partial charge in [0.05, 0.1) is 31.7 Å². The first kappa shape index (κ1) is 22.6. The summed E-state index contributed by atoms with van der Waals surface area (Å²) in [6.07, 6.45) is 1.93. The number of ether oxygens (including phenoxy) is 3. The maximum Gasteiger partial charge on any atom is 0.302 e.